The fraction of sp³-hybridized carbons (Fsp3) is 0.286. The van der Waals surface area contributed by atoms with Gasteiger partial charge in [-0.1, -0.05) is 43.1 Å². The normalized spacial score (nSPS) is 12.7. The van der Waals surface area contributed by atoms with Gasteiger partial charge in [-0.25, -0.2) is 4.79 Å². The van der Waals surface area contributed by atoms with Gasteiger partial charge in [0.2, 0.25) is 5.91 Å². The Bertz CT molecular complexity index is 541. The van der Waals surface area contributed by atoms with Crippen LogP contribution in [0.4, 0.5) is 0 Å². The highest BCUT2D eigenvalue weighted by atomic mass is 35.5. The number of benzene rings is 1. The van der Waals surface area contributed by atoms with Crippen LogP contribution in [-0.2, 0) is 9.59 Å². The van der Waals surface area contributed by atoms with Crippen molar-refractivity contribution in [1.29, 1.82) is 0 Å². The van der Waals surface area contributed by atoms with Gasteiger partial charge in [0.15, 0.2) is 0 Å². The molecule has 0 saturated heterocycles. The molecule has 0 radical (unpaired) electrons. The van der Waals surface area contributed by atoms with Crippen LogP contribution in [0.3, 0.4) is 0 Å². The Morgan fingerprint density at radius 2 is 1.90 bits per heavy atom. The van der Waals surface area contributed by atoms with Crippen LogP contribution >= 0.6 is 23.2 Å². The van der Waals surface area contributed by atoms with E-state index < -0.39 is 17.9 Å². The molecular weight excluding hydrogens is 301 g/mol. The maximum atomic E-state index is 11.7. The summed E-state index contributed by atoms with van der Waals surface area (Å²) in [5.41, 5.74) is 0.700. The monoisotopic (exact) mass is 315 g/mol. The van der Waals surface area contributed by atoms with Gasteiger partial charge in [-0.2, -0.15) is 0 Å². The van der Waals surface area contributed by atoms with E-state index >= 15 is 0 Å². The Morgan fingerprint density at radius 1 is 1.25 bits per heavy atom. The highest BCUT2D eigenvalue weighted by molar-refractivity contribution is 6.42. The van der Waals surface area contributed by atoms with Crippen molar-refractivity contribution in [3.63, 3.8) is 0 Å². The lowest BCUT2D eigenvalue weighted by Crippen LogP contribution is -2.43. The van der Waals surface area contributed by atoms with Gasteiger partial charge in [-0.05, 0) is 29.7 Å². The molecule has 0 aromatic heterocycles. The summed E-state index contributed by atoms with van der Waals surface area (Å²) in [6.07, 6.45) is 2.80. The summed E-state index contributed by atoms with van der Waals surface area (Å²) in [5.74, 6) is -1.73. The molecular formula is C14H15Cl2NO3. The Labute approximate surface area is 127 Å². The second-order valence-corrected chi connectivity index (χ2v) is 5.39. The zero-order valence-electron chi connectivity index (χ0n) is 11.1. The SMILES string of the molecule is CC(C)[C@@H](NC(=O)C=Cc1ccc(Cl)c(Cl)c1)C(=O)O. The minimum Gasteiger partial charge on any atom is -0.480 e. The molecule has 1 atom stereocenters. The van der Waals surface area contributed by atoms with E-state index in [1.54, 1.807) is 32.0 Å². The Balaban J connectivity index is 2.72. The van der Waals surface area contributed by atoms with Gasteiger partial charge in [0.1, 0.15) is 6.04 Å². The molecule has 0 fully saturated rings. The van der Waals surface area contributed by atoms with Crippen LogP contribution in [0.1, 0.15) is 19.4 Å². The molecule has 0 unspecified atom stereocenters. The molecule has 1 aromatic carbocycles. The van der Waals surface area contributed by atoms with Crippen LogP contribution in [0, 0.1) is 5.92 Å². The number of carboxylic acids is 1. The number of rotatable bonds is 5. The Morgan fingerprint density at radius 3 is 2.40 bits per heavy atom. The van der Waals surface area contributed by atoms with Crippen molar-refractivity contribution in [2.75, 3.05) is 0 Å². The molecule has 4 nitrogen and oxygen atoms in total. The van der Waals surface area contributed by atoms with E-state index in [4.69, 9.17) is 28.3 Å². The number of halogens is 2. The summed E-state index contributed by atoms with van der Waals surface area (Å²) in [5, 5.41) is 12.2. The molecule has 0 spiro atoms. The standard InChI is InChI=1S/C14H15Cl2NO3/c1-8(2)13(14(19)20)17-12(18)6-4-9-3-5-10(15)11(16)7-9/h3-8,13H,1-2H3,(H,17,18)(H,19,20)/t13-/m1/s1. The lowest BCUT2D eigenvalue weighted by atomic mass is 10.0. The van der Waals surface area contributed by atoms with E-state index in [0.717, 1.165) is 0 Å². The second kappa shape index (κ2) is 7.31. The molecule has 0 aliphatic carbocycles. The number of hydrogen-bond donors (Lipinski definition) is 2. The third kappa shape index (κ3) is 4.87. The number of carboxylic acid groups (broad SMARTS) is 1. The minimum absolute atomic E-state index is 0.199. The zero-order chi connectivity index (χ0) is 15.3. The first-order valence-corrected chi connectivity index (χ1v) is 6.73. The van der Waals surface area contributed by atoms with Crippen molar-refractivity contribution in [3.8, 4) is 0 Å². The molecule has 1 aromatic rings. The largest absolute Gasteiger partial charge is 0.480 e. The molecule has 2 N–H and O–H groups in total. The highest BCUT2D eigenvalue weighted by Crippen LogP contribution is 2.23. The van der Waals surface area contributed by atoms with E-state index in [1.165, 1.54) is 12.2 Å². The van der Waals surface area contributed by atoms with E-state index in [2.05, 4.69) is 5.32 Å². The third-order valence-corrected chi connectivity index (χ3v) is 3.34. The first-order valence-electron chi connectivity index (χ1n) is 5.97. The molecule has 0 aliphatic rings. The summed E-state index contributed by atoms with van der Waals surface area (Å²) in [6, 6.07) is 4.02. The van der Waals surface area contributed by atoms with E-state index in [1.807, 2.05) is 0 Å². The van der Waals surface area contributed by atoms with Gasteiger partial charge in [0, 0.05) is 6.08 Å². The molecule has 20 heavy (non-hydrogen) atoms. The third-order valence-electron chi connectivity index (χ3n) is 2.60. The number of nitrogens with one attached hydrogen (secondary N) is 1. The summed E-state index contributed by atoms with van der Waals surface area (Å²) in [6.45, 7) is 3.45. The number of carbonyl (C=O) groups excluding carboxylic acids is 1. The van der Waals surface area contributed by atoms with Crippen molar-refractivity contribution >= 4 is 41.2 Å². The predicted octanol–water partition coefficient (Wildman–Crippen LogP) is 3.23. The smallest absolute Gasteiger partial charge is 0.326 e. The van der Waals surface area contributed by atoms with Gasteiger partial charge in [-0.3, -0.25) is 4.79 Å². The van der Waals surface area contributed by atoms with Gasteiger partial charge in [-0.15, -0.1) is 0 Å². The molecule has 0 aliphatic heterocycles. The van der Waals surface area contributed by atoms with E-state index in [-0.39, 0.29) is 5.92 Å². The van der Waals surface area contributed by atoms with Gasteiger partial charge in [0.25, 0.3) is 0 Å². The number of amides is 1. The summed E-state index contributed by atoms with van der Waals surface area (Å²) < 4.78 is 0. The quantitative estimate of drug-likeness (QED) is 0.820. The minimum atomic E-state index is -1.06. The average Bonchev–Trinajstić information content (AvgIpc) is 2.36. The van der Waals surface area contributed by atoms with Crippen LogP contribution in [0.2, 0.25) is 10.0 Å². The summed E-state index contributed by atoms with van der Waals surface area (Å²) in [7, 11) is 0. The first-order chi connectivity index (χ1) is 9.31. The molecule has 108 valence electrons. The highest BCUT2D eigenvalue weighted by Gasteiger charge is 2.22. The molecule has 0 heterocycles. The first kappa shape index (κ1) is 16.5. The molecule has 1 rings (SSSR count). The van der Waals surface area contributed by atoms with Crippen LogP contribution in [-0.4, -0.2) is 23.0 Å². The van der Waals surface area contributed by atoms with Crippen molar-refractivity contribution in [3.05, 3.63) is 39.9 Å². The van der Waals surface area contributed by atoms with Crippen molar-refractivity contribution in [1.82, 2.24) is 5.32 Å². The van der Waals surface area contributed by atoms with Crippen molar-refractivity contribution in [2.24, 2.45) is 5.92 Å². The predicted molar refractivity (Wildman–Crippen MR) is 79.9 cm³/mol. The van der Waals surface area contributed by atoms with Crippen LogP contribution in [0.15, 0.2) is 24.3 Å². The van der Waals surface area contributed by atoms with Crippen molar-refractivity contribution in [2.45, 2.75) is 19.9 Å². The van der Waals surface area contributed by atoms with Crippen LogP contribution in [0.25, 0.3) is 6.08 Å². The maximum absolute atomic E-state index is 11.7. The van der Waals surface area contributed by atoms with E-state index in [0.29, 0.717) is 15.6 Å². The topological polar surface area (TPSA) is 66.4 Å². The molecule has 6 heteroatoms. The molecule has 0 saturated carbocycles. The summed E-state index contributed by atoms with van der Waals surface area (Å²) in [4.78, 5) is 22.6. The number of carbonyl (C=O) groups is 2. The number of hydrogen-bond acceptors (Lipinski definition) is 2. The lowest BCUT2D eigenvalue weighted by molar-refractivity contribution is -0.142. The van der Waals surface area contributed by atoms with Crippen molar-refractivity contribution < 1.29 is 14.7 Å². The van der Waals surface area contributed by atoms with Gasteiger partial charge >= 0.3 is 5.97 Å². The van der Waals surface area contributed by atoms with E-state index in [9.17, 15) is 9.59 Å². The molecule has 0 bridgehead atoms. The van der Waals surface area contributed by atoms with Crippen LogP contribution in [0.5, 0.6) is 0 Å². The lowest BCUT2D eigenvalue weighted by Gasteiger charge is -2.16. The Hall–Kier alpha value is -1.52. The van der Waals surface area contributed by atoms with Gasteiger partial charge < -0.3 is 10.4 Å². The number of aliphatic carboxylic acids is 1. The zero-order valence-corrected chi connectivity index (χ0v) is 12.6. The van der Waals surface area contributed by atoms with Gasteiger partial charge in [0.05, 0.1) is 10.0 Å². The van der Waals surface area contributed by atoms with Crippen LogP contribution < -0.4 is 5.32 Å². The average molecular weight is 316 g/mol. The fourth-order valence-electron chi connectivity index (χ4n) is 1.50. The second-order valence-electron chi connectivity index (χ2n) is 4.58. The maximum Gasteiger partial charge on any atom is 0.326 e. The fourth-order valence-corrected chi connectivity index (χ4v) is 1.81. The molecule has 1 amide bonds. The summed E-state index contributed by atoms with van der Waals surface area (Å²) >= 11 is 11.6. The Kier molecular flexibility index (Phi) is 6.05.